The summed E-state index contributed by atoms with van der Waals surface area (Å²) in [6.45, 7) is 7.43. The fourth-order valence-corrected chi connectivity index (χ4v) is 2.52. The van der Waals surface area contributed by atoms with Crippen LogP contribution in [0.5, 0.6) is 0 Å². The Labute approximate surface area is 160 Å². The first-order valence-corrected chi connectivity index (χ1v) is 9.30. The fraction of sp³-hybridized carbons (Fsp3) is 0.550. The topological polar surface area (TPSA) is 105 Å². The summed E-state index contributed by atoms with van der Waals surface area (Å²) in [7, 11) is 0. The lowest BCUT2D eigenvalue weighted by atomic mass is 9.95. The number of carboxylic acids is 1. The number of carbonyl (C=O) groups excluding carboxylic acids is 2. The van der Waals surface area contributed by atoms with Crippen molar-refractivity contribution in [1.29, 1.82) is 0 Å². The van der Waals surface area contributed by atoms with Crippen LogP contribution in [-0.2, 0) is 20.9 Å². The third kappa shape index (κ3) is 7.29. The molecule has 0 aliphatic rings. The zero-order chi connectivity index (χ0) is 20.4. The summed E-state index contributed by atoms with van der Waals surface area (Å²) >= 11 is 0. The number of hydrogen-bond acceptors (Lipinski definition) is 4. The molecule has 2 amide bonds. The summed E-state index contributed by atoms with van der Waals surface area (Å²) in [5, 5.41) is 14.5. The van der Waals surface area contributed by atoms with Crippen LogP contribution >= 0.6 is 0 Å². The van der Waals surface area contributed by atoms with E-state index in [9.17, 15) is 19.5 Å². The molecule has 7 heteroatoms. The van der Waals surface area contributed by atoms with E-state index in [2.05, 4.69) is 10.6 Å². The molecule has 1 aromatic rings. The van der Waals surface area contributed by atoms with Gasteiger partial charge in [-0.05, 0) is 17.4 Å². The lowest BCUT2D eigenvalue weighted by Gasteiger charge is -2.27. The van der Waals surface area contributed by atoms with Crippen molar-refractivity contribution in [1.82, 2.24) is 10.6 Å². The lowest BCUT2D eigenvalue weighted by Crippen LogP contribution is -2.55. The van der Waals surface area contributed by atoms with Crippen molar-refractivity contribution in [2.45, 2.75) is 59.2 Å². The molecule has 0 bridgehead atoms. The summed E-state index contributed by atoms with van der Waals surface area (Å²) in [5.74, 6) is -2.02. The fourth-order valence-electron chi connectivity index (χ4n) is 2.52. The maximum Gasteiger partial charge on any atom is 0.408 e. The second kappa shape index (κ2) is 11.2. The van der Waals surface area contributed by atoms with E-state index < -0.39 is 30.1 Å². The molecule has 0 aliphatic heterocycles. The molecule has 27 heavy (non-hydrogen) atoms. The molecule has 4 atom stereocenters. The van der Waals surface area contributed by atoms with Crippen LogP contribution in [0.15, 0.2) is 30.3 Å². The number of aliphatic carboxylic acids is 1. The van der Waals surface area contributed by atoms with Gasteiger partial charge in [-0.1, -0.05) is 70.9 Å². The van der Waals surface area contributed by atoms with Crippen LogP contribution in [0.2, 0.25) is 0 Å². The van der Waals surface area contributed by atoms with Gasteiger partial charge >= 0.3 is 12.1 Å². The maximum atomic E-state index is 12.6. The molecule has 150 valence electrons. The van der Waals surface area contributed by atoms with Crippen molar-refractivity contribution < 1.29 is 24.2 Å². The number of ether oxygens (including phenoxy) is 1. The highest BCUT2D eigenvalue weighted by Crippen LogP contribution is 2.12. The number of alkyl carbamates (subject to hydrolysis) is 1. The van der Waals surface area contributed by atoms with E-state index in [0.717, 1.165) is 5.56 Å². The maximum absolute atomic E-state index is 12.6. The molecule has 7 nitrogen and oxygen atoms in total. The number of benzene rings is 1. The van der Waals surface area contributed by atoms with Crippen molar-refractivity contribution >= 4 is 18.0 Å². The van der Waals surface area contributed by atoms with Crippen molar-refractivity contribution in [2.24, 2.45) is 11.8 Å². The van der Waals surface area contributed by atoms with Crippen LogP contribution in [-0.4, -0.2) is 35.2 Å². The van der Waals surface area contributed by atoms with E-state index >= 15 is 0 Å². The minimum atomic E-state index is -1.09. The summed E-state index contributed by atoms with van der Waals surface area (Å²) in [5.41, 5.74) is 0.833. The Hall–Kier alpha value is -2.57. The second-order valence-electron chi connectivity index (χ2n) is 6.78. The summed E-state index contributed by atoms with van der Waals surface area (Å²) in [6, 6.07) is 7.33. The Morgan fingerprint density at radius 2 is 1.52 bits per heavy atom. The van der Waals surface area contributed by atoms with Gasteiger partial charge < -0.3 is 20.5 Å². The average molecular weight is 378 g/mol. The molecule has 0 fully saturated rings. The number of nitrogens with one attached hydrogen (secondary N) is 2. The number of carbonyl (C=O) groups is 3. The van der Waals surface area contributed by atoms with Gasteiger partial charge in [-0.15, -0.1) is 0 Å². The first-order chi connectivity index (χ1) is 12.8. The van der Waals surface area contributed by atoms with Crippen LogP contribution in [0.25, 0.3) is 0 Å². The van der Waals surface area contributed by atoms with Gasteiger partial charge in [0.05, 0.1) is 0 Å². The Balaban J connectivity index is 2.74. The number of hydrogen-bond donors (Lipinski definition) is 3. The third-order valence-corrected chi connectivity index (χ3v) is 4.76. The van der Waals surface area contributed by atoms with Gasteiger partial charge in [0.25, 0.3) is 0 Å². The molecule has 0 saturated heterocycles. The smallest absolute Gasteiger partial charge is 0.408 e. The predicted octanol–water partition coefficient (Wildman–Crippen LogP) is 2.94. The van der Waals surface area contributed by atoms with Gasteiger partial charge in [0.2, 0.25) is 5.91 Å². The quantitative estimate of drug-likeness (QED) is 0.581. The van der Waals surface area contributed by atoms with Crippen molar-refractivity contribution in [3.8, 4) is 0 Å². The Kier molecular flexibility index (Phi) is 9.33. The van der Waals surface area contributed by atoms with Crippen molar-refractivity contribution in [3.63, 3.8) is 0 Å². The number of carboxylic acid groups (broad SMARTS) is 1. The highest BCUT2D eigenvalue weighted by molar-refractivity contribution is 5.89. The van der Waals surface area contributed by atoms with Gasteiger partial charge in [0, 0.05) is 0 Å². The Morgan fingerprint density at radius 3 is 2.04 bits per heavy atom. The van der Waals surface area contributed by atoms with Crippen LogP contribution in [0.3, 0.4) is 0 Å². The van der Waals surface area contributed by atoms with Gasteiger partial charge in [-0.2, -0.15) is 0 Å². The predicted molar refractivity (Wildman–Crippen MR) is 102 cm³/mol. The van der Waals surface area contributed by atoms with Crippen molar-refractivity contribution in [2.75, 3.05) is 0 Å². The molecular weight excluding hydrogens is 348 g/mol. The molecule has 0 radical (unpaired) electrons. The number of amides is 2. The monoisotopic (exact) mass is 378 g/mol. The third-order valence-electron chi connectivity index (χ3n) is 4.76. The molecular formula is C20H30N2O5. The molecule has 0 heterocycles. The highest BCUT2D eigenvalue weighted by atomic mass is 16.5. The molecule has 0 aromatic heterocycles. The second-order valence-corrected chi connectivity index (χ2v) is 6.78. The first-order valence-electron chi connectivity index (χ1n) is 9.30. The molecule has 0 aliphatic carbocycles. The van der Waals surface area contributed by atoms with E-state index in [1.165, 1.54) is 0 Å². The summed E-state index contributed by atoms with van der Waals surface area (Å²) in [4.78, 5) is 36.2. The van der Waals surface area contributed by atoms with E-state index in [1.54, 1.807) is 6.92 Å². The molecule has 3 N–H and O–H groups in total. The van der Waals surface area contributed by atoms with Crippen LogP contribution in [0.4, 0.5) is 4.79 Å². The van der Waals surface area contributed by atoms with E-state index in [0.29, 0.717) is 12.8 Å². The van der Waals surface area contributed by atoms with Crippen LogP contribution < -0.4 is 10.6 Å². The van der Waals surface area contributed by atoms with Crippen molar-refractivity contribution in [3.05, 3.63) is 35.9 Å². The Morgan fingerprint density at radius 1 is 0.963 bits per heavy atom. The molecule has 0 spiro atoms. The summed E-state index contributed by atoms with van der Waals surface area (Å²) in [6.07, 6.45) is 0.533. The molecule has 1 rings (SSSR count). The molecule has 0 saturated carbocycles. The van der Waals surface area contributed by atoms with Gasteiger partial charge in [0.1, 0.15) is 18.7 Å². The van der Waals surface area contributed by atoms with E-state index in [1.807, 2.05) is 51.1 Å². The molecule has 1 aromatic carbocycles. The van der Waals surface area contributed by atoms with E-state index in [-0.39, 0.29) is 18.4 Å². The minimum Gasteiger partial charge on any atom is -0.480 e. The standard InChI is InChI=1S/C20H30N2O5/c1-5-13(3)16(18(23)21-17(19(24)25)14(4)6-2)22-20(26)27-12-15-10-8-7-9-11-15/h7-11,13-14,16-17H,5-6,12H2,1-4H3,(H,21,23)(H,22,26)(H,24,25)/t13-,14+,16-,17-/m0/s1. The van der Waals surface area contributed by atoms with E-state index in [4.69, 9.17) is 4.74 Å². The largest absolute Gasteiger partial charge is 0.480 e. The Bertz CT molecular complexity index is 620. The van der Waals surface area contributed by atoms with Gasteiger partial charge in [-0.25, -0.2) is 9.59 Å². The zero-order valence-corrected chi connectivity index (χ0v) is 16.4. The average Bonchev–Trinajstić information content (AvgIpc) is 2.67. The zero-order valence-electron chi connectivity index (χ0n) is 16.4. The lowest BCUT2D eigenvalue weighted by molar-refractivity contribution is -0.143. The van der Waals surface area contributed by atoms with Crippen LogP contribution in [0.1, 0.15) is 46.1 Å². The SMILES string of the molecule is CC[C@@H](C)[C@H](NC(=O)[C@@H](NC(=O)OCc1ccccc1)[C@@H](C)CC)C(=O)O. The number of rotatable bonds is 10. The van der Waals surface area contributed by atoms with Gasteiger partial charge in [-0.3, -0.25) is 4.79 Å². The van der Waals surface area contributed by atoms with Gasteiger partial charge in [0.15, 0.2) is 0 Å². The normalized spacial score (nSPS) is 15.1. The van der Waals surface area contributed by atoms with Crippen LogP contribution in [0, 0.1) is 11.8 Å². The minimum absolute atomic E-state index is 0.0894. The highest BCUT2D eigenvalue weighted by Gasteiger charge is 2.32. The molecule has 0 unspecified atom stereocenters. The first kappa shape index (κ1) is 22.5. The summed E-state index contributed by atoms with van der Waals surface area (Å²) < 4.78 is 5.18.